The second-order valence-electron chi connectivity index (χ2n) is 2.80. The summed E-state index contributed by atoms with van der Waals surface area (Å²) in [7, 11) is 1.46. The number of halogens is 2. The zero-order valence-corrected chi connectivity index (χ0v) is 9.73. The van der Waals surface area contributed by atoms with Crippen molar-refractivity contribution in [2.45, 2.75) is 6.42 Å². The van der Waals surface area contributed by atoms with E-state index in [1.54, 1.807) is 18.2 Å². The number of rotatable bonds is 4. The Morgan fingerprint density at radius 2 is 2.13 bits per heavy atom. The van der Waals surface area contributed by atoms with E-state index in [0.29, 0.717) is 28.8 Å². The van der Waals surface area contributed by atoms with Gasteiger partial charge in [0.05, 0.1) is 25.2 Å². The summed E-state index contributed by atoms with van der Waals surface area (Å²) >= 11 is 11.6. The molecular weight excluding hydrogens is 237 g/mol. The molecule has 0 atom stereocenters. The van der Waals surface area contributed by atoms with Crippen molar-refractivity contribution in [3.05, 3.63) is 28.2 Å². The minimum atomic E-state index is 0.181. The van der Waals surface area contributed by atoms with E-state index in [-0.39, 0.29) is 5.90 Å². The first-order valence-electron chi connectivity index (χ1n) is 4.32. The van der Waals surface area contributed by atoms with E-state index in [0.717, 1.165) is 0 Å². The average Bonchev–Trinajstić information content (AvgIpc) is 2.21. The monoisotopic (exact) mass is 247 g/mol. The van der Waals surface area contributed by atoms with Crippen molar-refractivity contribution in [1.29, 1.82) is 5.41 Å². The minimum absolute atomic E-state index is 0.181. The second kappa shape index (κ2) is 5.83. The highest BCUT2D eigenvalue weighted by molar-refractivity contribution is 6.35. The van der Waals surface area contributed by atoms with Crippen LogP contribution in [0.1, 0.15) is 6.42 Å². The highest BCUT2D eigenvalue weighted by atomic mass is 35.5. The third kappa shape index (κ3) is 3.98. The van der Waals surface area contributed by atoms with Gasteiger partial charge in [0.15, 0.2) is 5.90 Å². The van der Waals surface area contributed by atoms with E-state index in [1.165, 1.54) is 7.11 Å². The average molecular weight is 248 g/mol. The smallest absolute Gasteiger partial charge is 0.183 e. The lowest BCUT2D eigenvalue weighted by Gasteiger charge is -2.08. The molecule has 0 aliphatic heterocycles. The fraction of sp³-hybridized carbons (Fsp3) is 0.300. The van der Waals surface area contributed by atoms with Gasteiger partial charge in [-0.2, -0.15) is 0 Å². The maximum Gasteiger partial charge on any atom is 0.183 e. The van der Waals surface area contributed by atoms with Crippen molar-refractivity contribution < 1.29 is 9.47 Å². The summed E-state index contributed by atoms with van der Waals surface area (Å²) in [6.07, 6.45) is 0.412. The van der Waals surface area contributed by atoms with Crippen LogP contribution in [0.3, 0.4) is 0 Å². The van der Waals surface area contributed by atoms with E-state index >= 15 is 0 Å². The lowest BCUT2D eigenvalue weighted by molar-refractivity contribution is 0.307. The van der Waals surface area contributed by atoms with Crippen LogP contribution in [0.15, 0.2) is 18.2 Å². The molecule has 1 aromatic carbocycles. The van der Waals surface area contributed by atoms with E-state index in [1.807, 2.05) is 0 Å². The first kappa shape index (κ1) is 12.1. The summed E-state index contributed by atoms with van der Waals surface area (Å²) in [6, 6.07) is 5.01. The molecule has 0 spiro atoms. The number of hydrogen-bond donors (Lipinski definition) is 1. The van der Waals surface area contributed by atoms with Crippen LogP contribution in [0.2, 0.25) is 10.0 Å². The molecule has 15 heavy (non-hydrogen) atoms. The van der Waals surface area contributed by atoms with Crippen molar-refractivity contribution >= 4 is 29.1 Å². The number of ether oxygens (including phenoxy) is 2. The fourth-order valence-corrected chi connectivity index (χ4v) is 1.41. The number of hydrogen-bond acceptors (Lipinski definition) is 3. The lowest BCUT2D eigenvalue weighted by Crippen LogP contribution is -2.06. The van der Waals surface area contributed by atoms with Crippen LogP contribution in [0.5, 0.6) is 5.75 Å². The van der Waals surface area contributed by atoms with E-state index in [2.05, 4.69) is 4.74 Å². The summed E-state index contributed by atoms with van der Waals surface area (Å²) in [5.41, 5.74) is 0. The van der Waals surface area contributed by atoms with Gasteiger partial charge in [0.2, 0.25) is 0 Å². The molecule has 0 bridgehead atoms. The molecule has 0 aliphatic carbocycles. The summed E-state index contributed by atoms with van der Waals surface area (Å²) < 4.78 is 10.0. The molecule has 1 aromatic rings. The van der Waals surface area contributed by atoms with E-state index in [4.69, 9.17) is 33.3 Å². The first-order valence-corrected chi connectivity index (χ1v) is 5.08. The van der Waals surface area contributed by atoms with Crippen LogP contribution in [-0.4, -0.2) is 19.6 Å². The van der Waals surface area contributed by atoms with Gasteiger partial charge in [-0.3, -0.25) is 5.41 Å². The first-order chi connectivity index (χ1) is 7.13. The largest absolute Gasteiger partial charge is 0.491 e. The lowest BCUT2D eigenvalue weighted by atomic mass is 10.3. The van der Waals surface area contributed by atoms with Gasteiger partial charge in [-0.15, -0.1) is 0 Å². The molecule has 0 aromatic heterocycles. The zero-order valence-electron chi connectivity index (χ0n) is 8.22. The quantitative estimate of drug-likeness (QED) is 0.655. The number of benzene rings is 1. The maximum absolute atomic E-state index is 7.23. The van der Waals surface area contributed by atoms with Crippen LogP contribution < -0.4 is 4.74 Å². The molecule has 0 radical (unpaired) electrons. The summed E-state index contributed by atoms with van der Waals surface area (Å²) in [5, 5.41) is 8.27. The topological polar surface area (TPSA) is 42.3 Å². The van der Waals surface area contributed by atoms with Gasteiger partial charge < -0.3 is 9.47 Å². The molecule has 82 valence electrons. The van der Waals surface area contributed by atoms with Crippen molar-refractivity contribution in [2.75, 3.05) is 13.7 Å². The number of methoxy groups -OCH3 is 1. The molecule has 0 unspecified atom stereocenters. The van der Waals surface area contributed by atoms with Gasteiger partial charge in [-0.1, -0.05) is 23.2 Å². The van der Waals surface area contributed by atoms with Gasteiger partial charge in [0.1, 0.15) is 5.75 Å². The van der Waals surface area contributed by atoms with Crippen LogP contribution >= 0.6 is 23.2 Å². The Labute approximate surface area is 98.4 Å². The minimum Gasteiger partial charge on any atom is -0.491 e. The Kier molecular flexibility index (Phi) is 4.72. The molecule has 5 heteroatoms. The van der Waals surface area contributed by atoms with Gasteiger partial charge in [-0.05, 0) is 18.2 Å². The van der Waals surface area contributed by atoms with Gasteiger partial charge in [0.25, 0.3) is 0 Å². The zero-order chi connectivity index (χ0) is 11.3. The van der Waals surface area contributed by atoms with Gasteiger partial charge in [0, 0.05) is 5.02 Å². The van der Waals surface area contributed by atoms with Crippen LogP contribution in [0.25, 0.3) is 0 Å². The molecule has 0 aliphatic rings. The maximum atomic E-state index is 7.23. The molecule has 0 saturated heterocycles. The Morgan fingerprint density at radius 3 is 2.73 bits per heavy atom. The van der Waals surface area contributed by atoms with Crippen molar-refractivity contribution in [2.24, 2.45) is 0 Å². The summed E-state index contributed by atoms with van der Waals surface area (Å²) in [6.45, 7) is 0.355. The third-order valence-electron chi connectivity index (χ3n) is 1.73. The van der Waals surface area contributed by atoms with Crippen LogP contribution in [-0.2, 0) is 4.74 Å². The van der Waals surface area contributed by atoms with E-state index in [9.17, 15) is 0 Å². The Hall–Kier alpha value is -0.930. The number of nitrogens with one attached hydrogen (secondary N) is 1. The molecule has 0 heterocycles. The molecule has 1 rings (SSSR count). The SMILES string of the molecule is COC(=N)CCOc1ccc(Cl)cc1Cl. The highest BCUT2D eigenvalue weighted by Gasteiger charge is 2.03. The third-order valence-corrected chi connectivity index (χ3v) is 2.26. The highest BCUT2D eigenvalue weighted by Crippen LogP contribution is 2.27. The van der Waals surface area contributed by atoms with E-state index < -0.39 is 0 Å². The van der Waals surface area contributed by atoms with Crippen LogP contribution in [0.4, 0.5) is 0 Å². The molecule has 0 fully saturated rings. The molecule has 0 amide bonds. The van der Waals surface area contributed by atoms with Crippen molar-refractivity contribution in [3.8, 4) is 5.75 Å². The summed E-state index contributed by atoms with van der Waals surface area (Å²) in [5.74, 6) is 0.741. The molecule has 0 saturated carbocycles. The van der Waals surface area contributed by atoms with Crippen LogP contribution in [0, 0.1) is 5.41 Å². The Balaban J connectivity index is 2.47. The second-order valence-corrected chi connectivity index (χ2v) is 3.64. The molecule has 3 nitrogen and oxygen atoms in total. The van der Waals surface area contributed by atoms with Gasteiger partial charge >= 0.3 is 0 Å². The van der Waals surface area contributed by atoms with Gasteiger partial charge in [-0.25, -0.2) is 0 Å². The van der Waals surface area contributed by atoms with Crippen molar-refractivity contribution in [3.63, 3.8) is 0 Å². The standard InChI is InChI=1S/C10H11Cl2NO2/c1-14-10(13)4-5-15-9-3-2-7(11)6-8(9)12/h2-3,6,13H,4-5H2,1H3. The predicted octanol–water partition coefficient (Wildman–Crippen LogP) is 3.39. The summed E-state index contributed by atoms with van der Waals surface area (Å²) in [4.78, 5) is 0. The molecule has 1 N–H and O–H groups in total. The fourth-order valence-electron chi connectivity index (χ4n) is 0.948. The normalized spacial score (nSPS) is 9.80. The predicted molar refractivity (Wildman–Crippen MR) is 61.3 cm³/mol. The Bertz CT molecular complexity index is 355. The molecular formula is C10H11Cl2NO2. The van der Waals surface area contributed by atoms with Crippen molar-refractivity contribution in [1.82, 2.24) is 0 Å². The Morgan fingerprint density at radius 1 is 1.40 bits per heavy atom.